The first kappa shape index (κ1) is 16.1. The predicted octanol–water partition coefficient (Wildman–Crippen LogP) is 0.760. The van der Waals surface area contributed by atoms with Crippen molar-refractivity contribution in [2.75, 3.05) is 7.11 Å². The number of phenolic OH excluding ortho intramolecular Hbond substituents is 1. The Bertz CT molecular complexity index is 710. The lowest BCUT2D eigenvalue weighted by molar-refractivity contribution is -0.139. The second kappa shape index (κ2) is 7.64. The van der Waals surface area contributed by atoms with Crippen molar-refractivity contribution in [3.63, 3.8) is 0 Å². The van der Waals surface area contributed by atoms with Gasteiger partial charge >= 0.3 is 11.8 Å². The number of hydrazone groups is 1. The maximum absolute atomic E-state index is 11.5. The zero-order chi connectivity index (χ0) is 16.7. The number of carbonyl (C=O) groups excluding carboxylic acids is 2. The molecule has 8 heteroatoms. The van der Waals surface area contributed by atoms with E-state index < -0.39 is 11.8 Å². The van der Waals surface area contributed by atoms with Gasteiger partial charge in [-0.2, -0.15) is 5.10 Å². The van der Waals surface area contributed by atoms with Crippen LogP contribution in [0.1, 0.15) is 11.3 Å². The molecule has 3 N–H and O–H groups in total. The van der Waals surface area contributed by atoms with E-state index in [9.17, 15) is 14.7 Å². The zero-order valence-electron chi connectivity index (χ0n) is 12.3. The molecule has 0 aliphatic rings. The molecule has 2 rings (SSSR count). The van der Waals surface area contributed by atoms with E-state index in [1.54, 1.807) is 30.3 Å². The zero-order valence-corrected chi connectivity index (χ0v) is 12.3. The third-order valence-corrected chi connectivity index (χ3v) is 2.83. The van der Waals surface area contributed by atoms with Crippen molar-refractivity contribution in [2.45, 2.75) is 6.54 Å². The molecule has 120 valence electrons. The summed E-state index contributed by atoms with van der Waals surface area (Å²) in [5.74, 6) is -1.11. The summed E-state index contributed by atoms with van der Waals surface area (Å²) in [6, 6.07) is 8.14. The number of hydrogen-bond donors (Lipinski definition) is 3. The Hall–Kier alpha value is -3.29. The molecule has 0 atom stereocenters. The first-order valence-corrected chi connectivity index (χ1v) is 6.61. The Kier molecular flexibility index (Phi) is 5.35. The maximum atomic E-state index is 11.5. The topological polar surface area (TPSA) is 113 Å². The van der Waals surface area contributed by atoms with Crippen molar-refractivity contribution in [2.24, 2.45) is 5.10 Å². The number of benzene rings is 1. The normalized spacial score (nSPS) is 10.5. The SMILES string of the molecule is COc1cccc(C=NNC(=O)C(=O)NCc2ccco2)c1O. The molecule has 0 saturated carbocycles. The number of nitrogens with zero attached hydrogens (tertiary/aromatic N) is 1. The summed E-state index contributed by atoms with van der Waals surface area (Å²) in [6.45, 7) is 0.0969. The molecule has 0 aliphatic heterocycles. The summed E-state index contributed by atoms with van der Waals surface area (Å²) >= 11 is 0. The molecule has 1 aromatic carbocycles. The lowest BCUT2D eigenvalue weighted by atomic mass is 10.2. The van der Waals surface area contributed by atoms with Gasteiger partial charge in [0.05, 0.1) is 26.1 Å². The number of hydrogen-bond acceptors (Lipinski definition) is 6. The molecule has 1 aromatic heterocycles. The largest absolute Gasteiger partial charge is 0.504 e. The van der Waals surface area contributed by atoms with Gasteiger partial charge < -0.3 is 19.6 Å². The van der Waals surface area contributed by atoms with Gasteiger partial charge in [-0.05, 0) is 24.3 Å². The number of para-hydroxylation sites is 1. The molecule has 2 aromatic rings. The monoisotopic (exact) mass is 317 g/mol. The lowest BCUT2D eigenvalue weighted by Crippen LogP contribution is -2.37. The molecule has 1 heterocycles. The standard InChI is InChI=1S/C15H15N3O5/c1-22-12-6-2-4-10(13(12)19)8-17-18-15(21)14(20)16-9-11-5-3-7-23-11/h2-8,19H,9H2,1H3,(H,16,20)(H,18,21). The van der Waals surface area contributed by atoms with Crippen LogP contribution >= 0.6 is 0 Å². The third kappa shape index (κ3) is 4.34. The number of ether oxygens (including phenoxy) is 1. The van der Waals surface area contributed by atoms with Crippen LogP contribution in [0.5, 0.6) is 11.5 Å². The Morgan fingerprint density at radius 2 is 2.13 bits per heavy atom. The maximum Gasteiger partial charge on any atom is 0.329 e. The van der Waals surface area contributed by atoms with Gasteiger partial charge in [-0.1, -0.05) is 6.07 Å². The fourth-order valence-electron chi connectivity index (χ4n) is 1.68. The van der Waals surface area contributed by atoms with Crippen molar-refractivity contribution in [3.05, 3.63) is 47.9 Å². The molecular formula is C15H15N3O5. The van der Waals surface area contributed by atoms with Crippen molar-refractivity contribution < 1.29 is 23.8 Å². The van der Waals surface area contributed by atoms with E-state index in [1.807, 2.05) is 0 Å². The van der Waals surface area contributed by atoms with Crippen LogP contribution in [-0.2, 0) is 16.1 Å². The highest BCUT2D eigenvalue weighted by Gasteiger charge is 2.12. The molecule has 2 amide bonds. The minimum absolute atomic E-state index is 0.0969. The molecule has 0 unspecified atom stereocenters. The van der Waals surface area contributed by atoms with Crippen LogP contribution in [0, 0.1) is 0 Å². The van der Waals surface area contributed by atoms with E-state index in [1.165, 1.54) is 19.6 Å². The van der Waals surface area contributed by atoms with Crippen LogP contribution in [0.3, 0.4) is 0 Å². The van der Waals surface area contributed by atoms with Crippen molar-refractivity contribution in [3.8, 4) is 11.5 Å². The van der Waals surface area contributed by atoms with Crippen LogP contribution in [0.4, 0.5) is 0 Å². The summed E-state index contributed by atoms with van der Waals surface area (Å²) in [4.78, 5) is 23.1. The first-order valence-electron chi connectivity index (χ1n) is 6.61. The Labute approximate surface area is 131 Å². The average molecular weight is 317 g/mol. The highest BCUT2D eigenvalue weighted by molar-refractivity contribution is 6.35. The Morgan fingerprint density at radius 1 is 1.30 bits per heavy atom. The Balaban J connectivity index is 1.87. The summed E-state index contributed by atoms with van der Waals surface area (Å²) < 4.78 is 9.97. The van der Waals surface area contributed by atoms with E-state index in [-0.39, 0.29) is 18.0 Å². The van der Waals surface area contributed by atoms with Crippen molar-refractivity contribution >= 4 is 18.0 Å². The molecule has 0 spiro atoms. The van der Waals surface area contributed by atoms with E-state index in [4.69, 9.17) is 9.15 Å². The van der Waals surface area contributed by atoms with Gasteiger partial charge in [0.2, 0.25) is 0 Å². The number of rotatable bonds is 5. The number of amides is 2. The molecule has 0 bridgehead atoms. The molecule has 0 fully saturated rings. The van der Waals surface area contributed by atoms with Gasteiger partial charge in [-0.15, -0.1) is 0 Å². The lowest BCUT2D eigenvalue weighted by Gasteiger charge is -2.05. The molecule has 8 nitrogen and oxygen atoms in total. The quantitative estimate of drug-likeness (QED) is 0.428. The minimum Gasteiger partial charge on any atom is -0.504 e. The van der Waals surface area contributed by atoms with Gasteiger partial charge in [0, 0.05) is 5.56 Å². The van der Waals surface area contributed by atoms with Gasteiger partial charge in [0.15, 0.2) is 11.5 Å². The number of aromatic hydroxyl groups is 1. The van der Waals surface area contributed by atoms with Gasteiger partial charge in [-0.25, -0.2) is 5.43 Å². The number of phenols is 1. The van der Waals surface area contributed by atoms with Crippen LogP contribution in [0.25, 0.3) is 0 Å². The smallest absolute Gasteiger partial charge is 0.329 e. The van der Waals surface area contributed by atoms with Crippen LogP contribution in [0.2, 0.25) is 0 Å². The van der Waals surface area contributed by atoms with Crippen LogP contribution < -0.4 is 15.5 Å². The van der Waals surface area contributed by atoms with Crippen LogP contribution in [0.15, 0.2) is 46.1 Å². The van der Waals surface area contributed by atoms with Crippen LogP contribution in [-0.4, -0.2) is 30.2 Å². The summed E-state index contributed by atoms with van der Waals surface area (Å²) in [5, 5.41) is 15.8. The second-order valence-corrected chi connectivity index (χ2v) is 4.36. The second-order valence-electron chi connectivity index (χ2n) is 4.36. The van der Waals surface area contributed by atoms with Crippen molar-refractivity contribution in [1.82, 2.24) is 10.7 Å². The third-order valence-electron chi connectivity index (χ3n) is 2.83. The highest BCUT2D eigenvalue weighted by Crippen LogP contribution is 2.27. The number of methoxy groups -OCH3 is 1. The first-order chi connectivity index (χ1) is 11.1. The van der Waals surface area contributed by atoms with Gasteiger partial charge in [0.1, 0.15) is 5.76 Å². The number of furan rings is 1. The molecular weight excluding hydrogens is 302 g/mol. The van der Waals surface area contributed by atoms with Crippen molar-refractivity contribution in [1.29, 1.82) is 0 Å². The van der Waals surface area contributed by atoms with E-state index >= 15 is 0 Å². The summed E-state index contributed by atoms with van der Waals surface area (Å²) in [5.41, 5.74) is 2.40. The molecule has 0 aliphatic carbocycles. The number of carbonyl (C=O) groups is 2. The van der Waals surface area contributed by atoms with E-state index in [0.29, 0.717) is 11.3 Å². The summed E-state index contributed by atoms with van der Waals surface area (Å²) in [6.07, 6.45) is 2.67. The minimum atomic E-state index is -0.935. The summed E-state index contributed by atoms with van der Waals surface area (Å²) in [7, 11) is 1.42. The Morgan fingerprint density at radius 3 is 2.83 bits per heavy atom. The van der Waals surface area contributed by atoms with Gasteiger partial charge in [-0.3, -0.25) is 9.59 Å². The average Bonchev–Trinajstić information content (AvgIpc) is 3.07. The molecule has 23 heavy (non-hydrogen) atoms. The molecule has 0 saturated heterocycles. The predicted molar refractivity (Wildman–Crippen MR) is 81.0 cm³/mol. The fourth-order valence-corrected chi connectivity index (χ4v) is 1.68. The number of nitrogens with one attached hydrogen (secondary N) is 2. The van der Waals surface area contributed by atoms with E-state index in [2.05, 4.69) is 15.8 Å². The molecule has 0 radical (unpaired) electrons. The fraction of sp³-hybridized carbons (Fsp3) is 0.133. The highest BCUT2D eigenvalue weighted by atomic mass is 16.5. The van der Waals surface area contributed by atoms with Gasteiger partial charge in [0.25, 0.3) is 0 Å². The van der Waals surface area contributed by atoms with E-state index in [0.717, 1.165) is 0 Å².